The van der Waals surface area contributed by atoms with Gasteiger partial charge in [-0.15, -0.1) is 0 Å². The third-order valence-corrected chi connectivity index (χ3v) is 4.58. The highest BCUT2D eigenvalue weighted by Gasteiger charge is 2.22. The molecular weight excluding hydrogens is 308 g/mol. The number of piperazine rings is 1. The second kappa shape index (κ2) is 6.78. The molecule has 7 heteroatoms. The minimum absolute atomic E-state index is 0.155. The summed E-state index contributed by atoms with van der Waals surface area (Å²) in [6.45, 7) is 5.83. The van der Waals surface area contributed by atoms with Crippen molar-refractivity contribution in [3.05, 3.63) is 28.3 Å². The van der Waals surface area contributed by atoms with Crippen LogP contribution in [0.4, 0.5) is 0 Å². The van der Waals surface area contributed by atoms with Crippen LogP contribution >= 0.6 is 0 Å². The smallest absolute Gasteiger partial charge is 0.258 e. The maximum Gasteiger partial charge on any atom is 0.258 e. The monoisotopic (exact) mass is 332 g/mol. The summed E-state index contributed by atoms with van der Waals surface area (Å²) in [7, 11) is 5.25. The number of likely N-dealkylation sites (N-methyl/N-ethyl adjacent to an activating group) is 1. The molecular formula is C17H24N4O3. The van der Waals surface area contributed by atoms with Crippen LogP contribution in [0.1, 0.15) is 12.7 Å². The zero-order valence-corrected chi connectivity index (χ0v) is 14.6. The Balaban J connectivity index is 1.94. The standard InChI is InChI=1S/C17H24N4O3/c1-11-9-20(2)5-6-21(11)10-16-18-13-8-15(24-4)14(23-3)7-12(13)17(22)19-16/h7-8,11H,5-6,9-10H2,1-4H3,(H,18,19,22)/t11-/m1/s1. The highest BCUT2D eigenvalue weighted by molar-refractivity contribution is 5.81. The zero-order chi connectivity index (χ0) is 17.3. The Morgan fingerprint density at radius 2 is 1.96 bits per heavy atom. The fourth-order valence-electron chi connectivity index (χ4n) is 3.19. The van der Waals surface area contributed by atoms with E-state index >= 15 is 0 Å². The highest BCUT2D eigenvalue weighted by atomic mass is 16.5. The molecule has 0 amide bonds. The van der Waals surface area contributed by atoms with Gasteiger partial charge in [-0.25, -0.2) is 4.98 Å². The van der Waals surface area contributed by atoms with Crippen LogP contribution in [0.2, 0.25) is 0 Å². The van der Waals surface area contributed by atoms with Crippen molar-refractivity contribution < 1.29 is 9.47 Å². The summed E-state index contributed by atoms with van der Waals surface area (Å²) in [5, 5.41) is 0.503. The SMILES string of the molecule is COc1cc2nc(CN3CCN(C)C[C@H]3C)[nH]c(=O)c2cc1OC. The second-order valence-corrected chi connectivity index (χ2v) is 6.32. The molecule has 0 saturated carbocycles. The molecule has 1 aromatic heterocycles. The summed E-state index contributed by atoms with van der Waals surface area (Å²) in [6.07, 6.45) is 0. The summed E-state index contributed by atoms with van der Waals surface area (Å²) in [5.41, 5.74) is 0.464. The number of aromatic nitrogens is 2. The van der Waals surface area contributed by atoms with Crippen molar-refractivity contribution in [1.82, 2.24) is 19.8 Å². The number of nitrogens with zero attached hydrogens (tertiary/aromatic N) is 3. The molecule has 130 valence electrons. The minimum Gasteiger partial charge on any atom is -0.493 e. The fourth-order valence-corrected chi connectivity index (χ4v) is 3.19. The number of ether oxygens (including phenoxy) is 2. The Morgan fingerprint density at radius 3 is 2.62 bits per heavy atom. The van der Waals surface area contributed by atoms with Crippen LogP contribution < -0.4 is 15.0 Å². The van der Waals surface area contributed by atoms with E-state index in [2.05, 4.69) is 33.7 Å². The lowest BCUT2D eigenvalue weighted by molar-refractivity contribution is 0.0915. The molecule has 2 aromatic rings. The Morgan fingerprint density at radius 1 is 1.25 bits per heavy atom. The summed E-state index contributed by atoms with van der Waals surface area (Å²) in [6, 6.07) is 3.85. The van der Waals surface area contributed by atoms with Crippen LogP contribution in [-0.4, -0.2) is 66.7 Å². The number of nitrogens with one attached hydrogen (secondary N) is 1. The van der Waals surface area contributed by atoms with Gasteiger partial charge in [0, 0.05) is 31.7 Å². The van der Waals surface area contributed by atoms with Gasteiger partial charge < -0.3 is 19.4 Å². The highest BCUT2D eigenvalue weighted by Crippen LogP contribution is 2.30. The van der Waals surface area contributed by atoms with Crippen molar-refractivity contribution in [3.63, 3.8) is 0 Å². The van der Waals surface area contributed by atoms with Crippen LogP contribution in [0, 0.1) is 0 Å². The summed E-state index contributed by atoms with van der Waals surface area (Å²) in [4.78, 5) is 24.6. The van der Waals surface area contributed by atoms with E-state index in [0.717, 1.165) is 19.6 Å². The van der Waals surface area contributed by atoms with Gasteiger partial charge in [0.05, 0.1) is 31.7 Å². The molecule has 1 aromatic carbocycles. The van der Waals surface area contributed by atoms with Crippen molar-refractivity contribution in [2.45, 2.75) is 19.5 Å². The number of hydrogen-bond acceptors (Lipinski definition) is 6. The van der Waals surface area contributed by atoms with Crippen molar-refractivity contribution >= 4 is 10.9 Å². The van der Waals surface area contributed by atoms with E-state index in [-0.39, 0.29) is 5.56 Å². The van der Waals surface area contributed by atoms with E-state index in [1.54, 1.807) is 26.4 Å². The largest absolute Gasteiger partial charge is 0.493 e. The van der Waals surface area contributed by atoms with E-state index in [1.807, 2.05) is 0 Å². The Labute approximate surface area is 141 Å². The predicted octanol–water partition coefficient (Wildman–Crippen LogP) is 1.08. The first-order valence-corrected chi connectivity index (χ1v) is 8.09. The average Bonchev–Trinajstić information content (AvgIpc) is 2.56. The normalized spacial score (nSPS) is 19.6. The third-order valence-electron chi connectivity index (χ3n) is 4.58. The van der Waals surface area contributed by atoms with Gasteiger partial charge in [0.1, 0.15) is 5.82 Å². The van der Waals surface area contributed by atoms with Gasteiger partial charge in [0.2, 0.25) is 0 Å². The number of H-pyrrole nitrogens is 1. The van der Waals surface area contributed by atoms with Gasteiger partial charge in [0.15, 0.2) is 11.5 Å². The maximum atomic E-state index is 12.4. The molecule has 7 nitrogen and oxygen atoms in total. The number of hydrogen-bond donors (Lipinski definition) is 1. The lowest BCUT2D eigenvalue weighted by Crippen LogP contribution is -2.50. The molecule has 0 unspecified atom stereocenters. The van der Waals surface area contributed by atoms with Gasteiger partial charge in [-0.2, -0.15) is 0 Å². The van der Waals surface area contributed by atoms with Gasteiger partial charge in [-0.1, -0.05) is 0 Å². The first-order valence-electron chi connectivity index (χ1n) is 8.09. The third kappa shape index (κ3) is 3.22. The zero-order valence-electron chi connectivity index (χ0n) is 14.6. The lowest BCUT2D eigenvalue weighted by Gasteiger charge is -2.37. The molecule has 1 saturated heterocycles. The Bertz CT molecular complexity index is 789. The first-order chi connectivity index (χ1) is 11.5. The van der Waals surface area contributed by atoms with Gasteiger partial charge in [-0.05, 0) is 20.0 Å². The van der Waals surface area contributed by atoms with Crippen LogP contribution in [0.15, 0.2) is 16.9 Å². The van der Waals surface area contributed by atoms with E-state index in [4.69, 9.17) is 9.47 Å². The van der Waals surface area contributed by atoms with E-state index in [9.17, 15) is 4.79 Å². The molecule has 1 fully saturated rings. The van der Waals surface area contributed by atoms with Crippen molar-refractivity contribution in [2.75, 3.05) is 40.9 Å². The number of benzene rings is 1. The molecule has 1 N–H and O–H groups in total. The van der Waals surface area contributed by atoms with Crippen LogP contribution in [0.5, 0.6) is 11.5 Å². The number of rotatable bonds is 4. The number of fused-ring (bicyclic) bond motifs is 1. The van der Waals surface area contributed by atoms with Crippen molar-refractivity contribution in [2.24, 2.45) is 0 Å². The molecule has 0 bridgehead atoms. The summed E-state index contributed by atoms with van der Waals surface area (Å²) >= 11 is 0. The predicted molar refractivity (Wildman–Crippen MR) is 92.8 cm³/mol. The molecule has 1 aliphatic rings. The van der Waals surface area contributed by atoms with Crippen molar-refractivity contribution in [3.8, 4) is 11.5 Å². The molecule has 3 rings (SSSR count). The van der Waals surface area contributed by atoms with Crippen LogP contribution in [0.25, 0.3) is 10.9 Å². The van der Waals surface area contributed by atoms with Crippen LogP contribution in [0.3, 0.4) is 0 Å². The second-order valence-electron chi connectivity index (χ2n) is 6.32. The lowest BCUT2D eigenvalue weighted by atomic mass is 10.2. The van der Waals surface area contributed by atoms with Gasteiger partial charge >= 0.3 is 0 Å². The molecule has 0 spiro atoms. The summed E-state index contributed by atoms with van der Waals surface area (Å²) < 4.78 is 10.6. The molecule has 0 radical (unpaired) electrons. The number of methoxy groups -OCH3 is 2. The molecule has 1 aliphatic heterocycles. The number of aromatic amines is 1. The molecule has 24 heavy (non-hydrogen) atoms. The Hall–Kier alpha value is -2.12. The first kappa shape index (κ1) is 16.7. The molecule has 2 heterocycles. The van der Waals surface area contributed by atoms with Crippen LogP contribution in [-0.2, 0) is 6.54 Å². The van der Waals surface area contributed by atoms with E-state index in [0.29, 0.717) is 40.8 Å². The van der Waals surface area contributed by atoms with Gasteiger partial charge in [-0.3, -0.25) is 9.69 Å². The minimum atomic E-state index is -0.155. The quantitative estimate of drug-likeness (QED) is 0.903. The summed E-state index contributed by atoms with van der Waals surface area (Å²) in [5.74, 6) is 1.77. The van der Waals surface area contributed by atoms with E-state index < -0.39 is 0 Å². The van der Waals surface area contributed by atoms with Gasteiger partial charge in [0.25, 0.3) is 5.56 Å². The maximum absolute atomic E-state index is 12.4. The van der Waals surface area contributed by atoms with E-state index in [1.165, 1.54) is 0 Å². The topological polar surface area (TPSA) is 70.7 Å². The Kier molecular flexibility index (Phi) is 4.73. The average molecular weight is 332 g/mol. The fraction of sp³-hybridized carbons (Fsp3) is 0.529. The van der Waals surface area contributed by atoms with Crippen molar-refractivity contribution in [1.29, 1.82) is 0 Å². The molecule has 1 atom stereocenters. The molecule has 0 aliphatic carbocycles.